The van der Waals surface area contributed by atoms with E-state index in [9.17, 15) is 22.8 Å². The Balaban J connectivity index is 2.45. The second-order valence-corrected chi connectivity index (χ2v) is 3.67. The van der Waals surface area contributed by atoms with Gasteiger partial charge in [0.25, 0.3) is 0 Å². The third-order valence-electron chi connectivity index (χ3n) is 2.07. The molecule has 0 atom stereocenters. The molecular weight excluding hydrogens is 267 g/mol. The van der Waals surface area contributed by atoms with Crippen LogP contribution in [0, 0.1) is 0 Å². The second kappa shape index (κ2) is 6.21. The van der Waals surface area contributed by atoms with Crippen molar-refractivity contribution >= 4 is 17.6 Å². The van der Waals surface area contributed by atoms with Gasteiger partial charge in [-0.05, 0) is 0 Å². The Morgan fingerprint density at radius 1 is 1.47 bits per heavy atom. The maximum atomic E-state index is 11.9. The number of aromatic nitrogens is 2. The maximum absolute atomic E-state index is 11.9. The summed E-state index contributed by atoms with van der Waals surface area (Å²) in [5.74, 6) is -1.30. The van der Waals surface area contributed by atoms with E-state index in [1.165, 1.54) is 24.2 Å². The first-order valence-corrected chi connectivity index (χ1v) is 5.26. The summed E-state index contributed by atoms with van der Waals surface area (Å²) < 4.78 is 41.3. The van der Waals surface area contributed by atoms with E-state index in [-0.39, 0.29) is 12.2 Å². The van der Waals surface area contributed by atoms with Gasteiger partial charge in [0.15, 0.2) is 0 Å². The summed E-state index contributed by atoms with van der Waals surface area (Å²) in [5.41, 5.74) is 0.219. The topological polar surface area (TPSA) is 73.2 Å². The van der Waals surface area contributed by atoms with E-state index in [2.05, 4.69) is 15.2 Å². The number of nitrogens with one attached hydrogen (secondary N) is 1. The fourth-order valence-corrected chi connectivity index (χ4v) is 1.19. The summed E-state index contributed by atoms with van der Waals surface area (Å²) >= 11 is 0. The van der Waals surface area contributed by atoms with Crippen molar-refractivity contribution in [1.82, 2.24) is 9.78 Å². The number of methoxy groups -OCH3 is 1. The predicted molar refractivity (Wildman–Crippen MR) is 58.2 cm³/mol. The van der Waals surface area contributed by atoms with Crippen LogP contribution in [-0.4, -0.2) is 34.9 Å². The zero-order chi connectivity index (χ0) is 14.5. The lowest BCUT2D eigenvalue weighted by atomic mass is 10.3. The van der Waals surface area contributed by atoms with Crippen LogP contribution in [-0.2, 0) is 20.9 Å². The van der Waals surface area contributed by atoms with Gasteiger partial charge in [-0.2, -0.15) is 18.3 Å². The molecule has 0 unspecified atom stereocenters. The Hall–Kier alpha value is -2.06. The van der Waals surface area contributed by atoms with Gasteiger partial charge in [0.2, 0.25) is 5.91 Å². The fraction of sp³-hybridized carbons (Fsp3) is 0.500. The number of hydrogen-bond acceptors (Lipinski definition) is 4. The number of alkyl halides is 3. The summed E-state index contributed by atoms with van der Waals surface area (Å²) in [5, 5.41) is 6.00. The van der Waals surface area contributed by atoms with E-state index in [4.69, 9.17) is 0 Å². The average molecular weight is 279 g/mol. The summed E-state index contributed by atoms with van der Waals surface area (Å²) in [6, 6.07) is 0. The Morgan fingerprint density at radius 2 is 2.16 bits per heavy atom. The van der Waals surface area contributed by atoms with E-state index >= 15 is 0 Å². The number of carbonyl (C=O) groups excluding carboxylic acids is 2. The number of nitrogens with zero attached hydrogens (tertiary/aromatic N) is 2. The van der Waals surface area contributed by atoms with E-state index in [0.717, 1.165) is 0 Å². The fourth-order valence-electron chi connectivity index (χ4n) is 1.19. The molecule has 0 aliphatic rings. The smallest absolute Gasteiger partial charge is 0.389 e. The van der Waals surface area contributed by atoms with E-state index < -0.39 is 30.9 Å². The standard InChI is InChI=1S/C10H12F3N3O3/c1-19-9(18)6-16-5-7(4-14-16)15-8(17)2-3-10(11,12)13/h4-5H,2-3,6H2,1H3,(H,15,17). The van der Waals surface area contributed by atoms with Gasteiger partial charge < -0.3 is 10.1 Å². The number of hydrogen-bond donors (Lipinski definition) is 1. The minimum Gasteiger partial charge on any atom is -0.468 e. The van der Waals surface area contributed by atoms with Crippen molar-refractivity contribution in [3.8, 4) is 0 Å². The van der Waals surface area contributed by atoms with E-state index in [1.807, 2.05) is 0 Å². The number of anilines is 1. The number of rotatable bonds is 5. The summed E-state index contributed by atoms with van der Waals surface area (Å²) in [7, 11) is 1.21. The SMILES string of the molecule is COC(=O)Cn1cc(NC(=O)CCC(F)(F)F)cn1. The molecule has 6 nitrogen and oxygen atoms in total. The molecule has 1 N–H and O–H groups in total. The van der Waals surface area contributed by atoms with Gasteiger partial charge >= 0.3 is 12.1 Å². The summed E-state index contributed by atoms with van der Waals surface area (Å²) in [6.45, 7) is -0.144. The lowest BCUT2D eigenvalue weighted by molar-refractivity contribution is -0.142. The molecule has 1 heterocycles. The lowest BCUT2D eigenvalue weighted by Gasteiger charge is -2.05. The normalized spacial score (nSPS) is 11.2. The zero-order valence-electron chi connectivity index (χ0n) is 10.0. The molecule has 0 aromatic carbocycles. The number of amides is 1. The van der Waals surface area contributed by atoms with Gasteiger partial charge in [-0.25, -0.2) is 0 Å². The van der Waals surface area contributed by atoms with Crippen molar-refractivity contribution in [3.05, 3.63) is 12.4 Å². The largest absolute Gasteiger partial charge is 0.468 e. The van der Waals surface area contributed by atoms with Crippen LogP contribution in [0.5, 0.6) is 0 Å². The molecule has 19 heavy (non-hydrogen) atoms. The molecule has 0 saturated heterocycles. The predicted octanol–water partition coefficient (Wildman–Crippen LogP) is 1.34. The van der Waals surface area contributed by atoms with Crippen LogP contribution in [0.25, 0.3) is 0 Å². The zero-order valence-corrected chi connectivity index (χ0v) is 10.0. The molecule has 0 fully saturated rings. The van der Waals surface area contributed by atoms with Crippen LogP contribution >= 0.6 is 0 Å². The van der Waals surface area contributed by atoms with Crippen molar-refractivity contribution in [2.75, 3.05) is 12.4 Å². The molecule has 106 valence electrons. The van der Waals surface area contributed by atoms with Gasteiger partial charge in [0.1, 0.15) is 6.54 Å². The number of carbonyl (C=O) groups is 2. The van der Waals surface area contributed by atoms with Crippen LogP contribution < -0.4 is 5.32 Å². The summed E-state index contributed by atoms with van der Waals surface area (Å²) in [4.78, 5) is 22.1. The molecule has 1 aromatic heterocycles. The minimum absolute atomic E-state index is 0.144. The average Bonchev–Trinajstić information content (AvgIpc) is 2.73. The van der Waals surface area contributed by atoms with Crippen LogP contribution in [0.1, 0.15) is 12.8 Å². The Labute approximate surface area is 106 Å². The Morgan fingerprint density at radius 3 is 2.74 bits per heavy atom. The first-order valence-electron chi connectivity index (χ1n) is 5.26. The molecule has 0 spiro atoms. The molecule has 1 rings (SSSR count). The van der Waals surface area contributed by atoms with Crippen molar-refractivity contribution < 1.29 is 27.5 Å². The van der Waals surface area contributed by atoms with Gasteiger partial charge in [-0.3, -0.25) is 14.3 Å². The van der Waals surface area contributed by atoms with Crippen LogP contribution in [0.3, 0.4) is 0 Å². The molecule has 0 aliphatic heterocycles. The van der Waals surface area contributed by atoms with Crippen molar-refractivity contribution in [2.24, 2.45) is 0 Å². The Bertz CT molecular complexity index is 456. The van der Waals surface area contributed by atoms with Crippen molar-refractivity contribution in [1.29, 1.82) is 0 Å². The molecule has 1 amide bonds. The first-order chi connectivity index (χ1) is 8.80. The monoisotopic (exact) mass is 279 g/mol. The number of halogens is 3. The van der Waals surface area contributed by atoms with Gasteiger partial charge in [0.05, 0.1) is 25.4 Å². The van der Waals surface area contributed by atoms with E-state index in [0.29, 0.717) is 0 Å². The van der Waals surface area contributed by atoms with Crippen molar-refractivity contribution in [2.45, 2.75) is 25.6 Å². The van der Waals surface area contributed by atoms with E-state index in [1.54, 1.807) is 0 Å². The quantitative estimate of drug-likeness (QED) is 0.825. The van der Waals surface area contributed by atoms with Gasteiger partial charge in [0, 0.05) is 12.6 Å². The molecule has 1 aromatic rings. The maximum Gasteiger partial charge on any atom is 0.389 e. The highest BCUT2D eigenvalue weighted by atomic mass is 19.4. The Kier molecular flexibility index (Phi) is 4.90. The van der Waals surface area contributed by atoms with Crippen molar-refractivity contribution in [3.63, 3.8) is 0 Å². The molecule has 9 heteroatoms. The van der Waals surface area contributed by atoms with Crippen LogP contribution in [0.2, 0.25) is 0 Å². The number of ether oxygens (including phenoxy) is 1. The molecule has 0 radical (unpaired) electrons. The van der Waals surface area contributed by atoms with Gasteiger partial charge in [-0.1, -0.05) is 0 Å². The van der Waals surface area contributed by atoms with Gasteiger partial charge in [-0.15, -0.1) is 0 Å². The third-order valence-corrected chi connectivity index (χ3v) is 2.07. The summed E-state index contributed by atoms with van der Waals surface area (Å²) in [6.07, 6.45) is -3.66. The molecule has 0 saturated carbocycles. The first kappa shape index (κ1) is 15.0. The highest BCUT2D eigenvalue weighted by Gasteiger charge is 2.27. The highest BCUT2D eigenvalue weighted by Crippen LogP contribution is 2.21. The minimum atomic E-state index is -4.37. The highest BCUT2D eigenvalue weighted by molar-refractivity contribution is 5.90. The third kappa shape index (κ3) is 5.89. The van der Waals surface area contributed by atoms with Crippen LogP contribution in [0.4, 0.5) is 18.9 Å². The lowest BCUT2D eigenvalue weighted by Crippen LogP contribution is -2.16. The molecule has 0 aliphatic carbocycles. The second-order valence-electron chi connectivity index (χ2n) is 3.67. The van der Waals surface area contributed by atoms with Crippen LogP contribution in [0.15, 0.2) is 12.4 Å². The molecular formula is C10H12F3N3O3. The molecule has 0 bridgehead atoms. The number of esters is 1.